The SMILES string of the molecule is O=C([C@@H]1CNC[C@]12CCCc1oc(Cl)cc12)N1CC[C@@H](c2ccccc2)C[C@H]1C1CCCCC1. The first-order chi connectivity index (χ1) is 16.7. The van der Waals surface area contributed by atoms with Crippen molar-refractivity contribution in [2.75, 3.05) is 19.6 Å². The van der Waals surface area contributed by atoms with Gasteiger partial charge in [-0.15, -0.1) is 0 Å². The van der Waals surface area contributed by atoms with Crippen LogP contribution in [-0.4, -0.2) is 36.5 Å². The number of likely N-dealkylation sites (tertiary alicyclic amines) is 1. The molecule has 1 amide bonds. The molecule has 1 aromatic carbocycles. The summed E-state index contributed by atoms with van der Waals surface area (Å²) >= 11 is 6.31. The number of rotatable bonds is 3. The van der Waals surface area contributed by atoms with Gasteiger partial charge in [0.1, 0.15) is 5.76 Å². The molecule has 4 nitrogen and oxygen atoms in total. The Labute approximate surface area is 208 Å². The lowest BCUT2D eigenvalue weighted by molar-refractivity contribution is -0.143. The molecule has 4 atom stereocenters. The smallest absolute Gasteiger partial charge is 0.228 e. The molecule has 182 valence electrons. The van der Waals surface area contributed by atoms with Crippen molar-refractivity contribution in [1.82, 2.24) is 10.2 Å². The van der Waals surface area contributed by atoms with Crippen molar-refractivity contribution in [2.45, 2.75) is 81.6 Å². The number of piperidine rings is 1. The minimum atomic E-state index is -0.172. The number of halogens is 1. The number of benzene rings is 1. The second kappa shape index (κ2) is 9.35. The first kappa shape index (κ1) is 22.7. The predicted molar refractivity (Wildman–Crippen MR) is 135 cm³/mol. The summed E-state index contributed by atoms with van der Waals surface area (Å²) in [5.74, 6) is 2.54. The van der Waals surface area contributed by atoms with Crippen LogP contribution in [0.1, 0.15) is 80.6 Å². The van der Waals surface area contributed by atoms with Crippen molar-refractivity contribution in [3.63, 3.8) is 0 Å². The van der Waals surface area contributed by atoms with Gasteiger partial charge in [-0.2, -0.15) is 0 Å². The maximum Gasteiger partial charge on any atom is 0.228 e. The van der Waals surface area contributed by atoms with Gasteiger partial charge in [-0.25, -0.2) is 0 Å². The van der Waals surface area contributed by atoms with Crippen LogP contribution in [0.15, 0.2) is 40.8 Å². The lowest BCUT2D eigenvalue weighted by Gasteiger charge is -2.47. The molecule has 0 bridgehead atoms. The highest BCUT2D eigenvalue weighted by Gasteiger charge is 2.53. The molecule has 1 N–H and O–H groups in total. The largest absolute Gasteiger partial charge is 0.449 e. The molecule has 2 saturated heterocycles. The molecule has 6 rings (SSSR count). The zero-order valence-corrected chi connectivity index (χ0v) is 20.9. The van der Waals surface area contributed by atoms with Crippen LogP contribution in [-0.2, 0) is 16.6 Å². The molecule has 2 aliphatic carbocycles. The quantitative estimate of drug-likeness (QED) is 0.578. The fourth-order valence-corrected chi connectivity index (χ4v) is 8.00. The summed E-state index contributed by atoms with van der Waals surface area (Å²) in [5, 5.41) is 4.07. The normalized spacial score (nSPS) is 32.1. The van der Waals surface area contributed by atoms with Crippen LogP contribution in [0.3, 0.4) is 0 Å². The van der Waals surface area contributed by atoms with E-state index in [9.17, 15) is 4.79 Å². The number of aryl methyl sites for hydroxylation is 1. The monoisotopic (exact) mass is 480 g/mol. The minimum absolute atomic E-state index is 0.0282. The van der Waals surface area contributed by atoms with Crippen molar-refractivity contribution >= 4 is 17.5 Å². The number of nitrogens with one attached hydrogen (secondary N) is 1. The molecule has 0 unspecified atom stereocenters. The van der Waals surface area contributed by atoms with Crippen LogP contribution in [0.5, 0.6) is 0 Å². The van der Waals surface area contributed by atoms with Gasteiger partial charge in [-0.3, -0.25) is 4.79 Å². The van der Waals surface area contributed by atoms with E-state index in [4.69, 9.17) is 16.0 Å². The number of fused-ring (bicyclic) bond motifs is 2. The number of amides is 1. The van der Waals surface area contributed by atoms with Crippen molar-refractivity contribution in [1.29, 1.82) is 0 Å². The van der Waals surface area contributed by atoms with E-state index in [1.807, 2.05) is 6.07 Å². The van der Waals surface area contributed by atoms with E-state index in [0.29, 0.717) is 29.0 Å². The van der Waals surface area contributed by atoms with Gasteiger partial charge in [0.2, 0.25) is 5.91 Å². The third-order valence-corrected chi connectivity index (χ3v) is 9.68. The molecule has 1 spiro atoms. The van der Waals surface area contributed by atoms with E-state index in [2.05, 4.69) is 40.5 Å². The molecular weight excluding hydrogens is 444 g/mol. The van der Waals surface area contributed by atoms with E-state index < -0.39 is 0 Å². The van der Waals surface area contributed by atoms with Crippen LogP contribution < -0.4 is 5.32 Å². The van der Waals surface area contributed by atoms with Crippen molar-refractivity contribution in [3.8, 4) is 0 Å². The molecule has 3 heterocycles. The van der Waals surface area contributed by atoms with Crippen LogP contribution in [0.4, 0.5) is 0 Å². The standard InChI is InChI=1S/C29H37ClN2O2/c30-27-17-23-26(34-27)12-7-14-29(23)19-31-18-24(29)28(33)32-15-13-22(20-8-3-1-4-9-20)16-25(32)21-10-5-2-6-11-21/h1,3-4,8-9,17,21-22,24-25,31H,2,5-7,10-16,18-19H2/t22-,24+,25+,29+/m1/s1. The number of hydrogen-bond acceptors (Lipinski definition) is 3. The number of nitrogens with zero attached hydrogens (tertiary/aromatic N) is 1. The molecule has 2 aliphatic heterocycles. The molecular formula is C29H37ClN2O2. The van der Waals surface area contributed by atoms with Gasteiger partial charge < -0.3 is 14.6 Å². The zero-order valence-electron chi connectivity index (χ0n) is 20.1. The average molecular weight is 481 g/mol. The van der Waals surface area contributed by atoms with Crippen molar-refractivity contribution in [2.24, 2.45) is 11.8 Å². The van der Waals surface area contributed by atoms with E-state index in [-0.39, 0.29) is 11.3 Å². The topological polar surface area (TPSA) is 45.5 Å². The lowest BCUT2D eigenvalue weighted by atomic mass is 9.65. The molecule has 4 aliphatic rings. The Hall–Kier alpha value is -1.78. The highest BCUT2D eigenvalue weighted by molar-refractivity contribution is 6.29. The number of carbonyl (C=O) groups is 1. The van der Waals surface area contributed by atoms with Gasteiger partial charge in [0.25, 0.3) is 0 Å². The summed E-state index contributed by atoms with van der Waals surface area (Å²) in [6.07, 6.45) is 11.7. The van der Waals surface area contributed by atoms with Gasteiger partial charge in [0.15, 0.2) is 5.22 Å². The van der Waals surface area contributed by atoms with Gasteiger partial charge in [-0.1, -0.05) is 49.6 Å². The van der Waals surface area contributed by atoms with Gasteiger partial charge in [0.05, 0.1) is 5.92 Å². The molecule has 2 aromatic rings. The maximum absolute atomic E-state index is 14.4. The predicted octanol–water partition coefficient (Wildman–Crippen LogP) is 6.08. The Morgan fingerprint density at radius 1 is 1.09 bits per heavy atom. The van der Waals surface area contributed by atoms with Gasteiger partial charge >= 0.3 is 0 Å². The summed E-state index contributed by atoms with van der Waals surface area (Å²) in [6, 6.07) is 13.3. The molecule has 0 radical (unpaired) electrons. The lowest BCUT2D eigenvalue weighted by Crippen LogP contribution is -2.55. The Bertz CT molecular complexity index is 1010. The third-order valence-electron chi connectivity index (χ3n) is 9.49. The first-order valence-corrected chi connectivity index (χ1v) is 13.9. The first-order valence-electron chi connectivity index (χ1n) is 13.5. The number of carbonyl (C=O) groups excluding carboxylic acids is 1. The van der Waals surface area contributed by atoms with E-state index >= 15 is 0 Å². The second-order valence-corrected chi connectivity index (χ2v) is 11.6. The minimum Gasteiger partial charge on any atom is -0.449 e. The third kappa shape index (κ3) is 3.91. The fraction of sp³-hybridized carbons (Fsp3) is 0.621. The number of hydrogen-bond donors (Lipinski definition) is 1. The van der Waals surface area contributed by atoms with Gasteiger partial charge in [0, 0.05) is 49.1 Å². The molecule has 3 fully saturated rings. The van der Waals surface area contributed by atoms with Crippen LogP contribution in [0.2, 0.25) is 5.22 Å². The molecule has 1 aromatic heterocycles. The zero-order chi connectivity index (χ0) is 23.1. The van der Waals surface area contributed by atoms with Gasteiger partial charge in [-0.05, 0) is 67.5 Å². The van der Waals surface area contributed by atoms with Crippen LogP contribution in [0.25, 0.3) is 0 Å². The summed E-state index contributed by atoms with van der Waals surface area (Å²) in [6.45, 7) is 2.49. The molecule has 5 heteroatoms. The van der Waals surface area contributed by atoms with Crippen LogP contribution >= 0.6 is 11.6 Å². The van der Waals surface area contributed by atoms with E-state index in [1.165, 1.54) is 43.2 Å². The molecule has 1 saturated carbocycles. The fourth-order valence-electron chi connectivity index (χ4n) is 7.79. The number of furan rings is 1. The highest BCUT2D eigenvalue weighted by Crippen LogP contribution is 2.49. The second-order valence-electron chi connectivity index (χ2n) is 11.2. The summed E-state index contributed by atoms with van der Waals surface area (Å²) in [4.78, 5) is 16.7. The highest BCUT2D eigenvalue weighted by atomic mass is 35.5. The van der Waals surface area contributed by atoms with Crippen LogP contribution in [0, 0.1) is 11.8 Å². The maximum atomic E-state index is 14.4. The summed E-state index contributed by atoms with van der Waals surface area (Å²) in [7, 11) is 0. The molecule has 34 heavy (non-hydrogen) atoms. The van der Waals surface area contributed by atoms with Crippen molar-refractivity contribution < 1.29 is 9.21 Å². The average Bonchev–Trinajstić information content (AvgIpc) is 3.48. The summed E-state index contributed by atoms with van der Waals surface area (Å²) in [5.41, 5.74) is 2.47. The summed E-state index contributed by atoms with van der Waals surface area (Å²) < 4.78 is 5.86. The Morgan fingerprint density at radius 3 is 2.74 bits per heavy atom. The Kier molecular flexibility index (Phi) is 6.23. The Morgan fingerprint density at radius 2 is 1.91 bits per heavy atom. The van der Waals surface area contributed by atoms with E-state index in [1.54, 1.807) is 0 Å². The van der Waals surface area contributed by atoms with E-state index in [0.717, 1.165) is 57.5 Å². The van der Waals surface area contributed by atoms with Crippen molar-refractivity contribution in [3.05, 3.63) is 58.5 Å². The Balaban J connectivity index is 1.30.